The Labute approximate surface area is 122 Å². The number of carbonyl (C=O) groups excluding carboxylic acids is 1. The fourth-order valence-electron chi connectivity index (χ4n) is 1.83. The van der Waals surface area contributed by atoms with Crippen LogP contribution in [0.3, 0.4) is 0 Å². The maximum Gasteiger partial charge on any atom is 0.352 e. The van der Waals surface area contributed by atoms with Crippen LogP contribution in [0.15, 0.2) is 48.7 Å². The molecule has 0 aliphatic rings. The minimum absolute atomic E-state index is 0.0278. The summed E-state index contributed by atoms with van der Waals surface area (Å²) in [4.78, 5) is 22.6. The Morgan fingerprint density at radius 2 is 1.90 bits per heavy atom. The van der Waals surface area contributed by atoms with Crippen molar-refractivity contribution < 1.29 is 19.4 Å². The number of aromatic nitrogens is 1. The molecule has 0 aliphatic carbocycles. The van der Waals surface area contributed by atoms with E-state index in [9.17, 15) is 9.59 Å². The molecule has 0 saturated heterocycles. The SMILES string of the molecule is O=C(Cn1cccc1C(=O)O)NCCOc1ccccc1. The highest BCUT2D eigenvalue weighted by atomic mass is 16.5. The molecule has 21 heavy (non-hydrogen) atoms. The molecule has 1 amide bonds. The van der Waals surface area contributed by atoms with Crippen molar-refractivity contribution in [3.8, 4) is 5.75 Å². The van der Waals surface area contributed by atoms with Gasteiger partial charge in [-0.15, -0.1) is 0 Å². The van der Waals surface area contributed by atoms with Crippen LogP contribution >= 0.6 is 0 Å². The maximum absolute atomic E-state index is 11.7. The minimum atomic E-state index is -1.06. The van der Waals surface area contributed by atoms with Crippen LogP contribution in [-0.2, 0) is 11.3 Å². The smallest absolute Gasteiger partial charge is 0.352 e. The number of nitrogens with zero attached hydrogens (tertiary/aromatic N) is 1. The predicted octanol–water partition coefficient (Wildman–Crippen LogP) is 1.38. The second-order valence-electron chi connectivity index (χ2n) is 4.34. The molecule has 2 rings (SSSR count). The van der Waals surface area contributed by atoms with Gasteiger partial charge in [0.25, 0.3) is 0 Å². The van der Waals surface area contributed by atoms with E-state index in [1.807, 2.05) is 30.3 Å². The number of carbonyl (C=O) groups is 2. The summed E-state index contributed by atoms with van der Waals surface area (Å²) in [6.07, 6.45) is 1.56. The Morgan fingerprint density at radius 3 is 2.62 bits per heavy atom. The van der Waals surface area contributed by atoms with Gasteiger partial charge in [-0.1, -0.05) is 18.2 Å². The molecule has 2 aromatic rings. The van der Waals surface area contributed by atoms with Gasteiger partial charge in [-0.05, 0) is 24.3 Å². The lowest BCUT2D eigenvalue weighted by Crippen LogP contribution is -2.31. The molecule has 0 atom stereocenters. The van der Waals surface area contributed by atoms with Gasteiger partial charge in [-0.3, -0.25) is 4.79 Å². The summed E-state index contributed by atoms with van der Waals surface area (Å²) in [5, 5.41) is 11.6. The number of nitrogens with one attached hydrogen (secondary N) is 1. The highest BCUT2D eigenvalue weighted by Gasteiger charge is 2.11. The summed E-state index contributed by atoms with van der Waals surface area (Å²) in [5.41, 5.74) is 0.0886. The van der Waals surface area contributed by atoms with E-state index in [2.05, 4.69) is 5.32 Å². The Bertz CT molecular complexity index is 607. The molecule has 6 heteroatoms. The second kappa shape index (κ2) is 7.14. The highest BCUT2D eigenvalue weighted by Crippen LogP contribution is 2.07. The summed E-state index contributed by atoms with van der Waals surface area (Å²) in [6.45, 7) is 0.685. The second-order valence-corrected chi connectivity index (χ2v) is 4.34. The summed E-state index contributed by atoms with van der Waals surface area (Å²) in [6, 6.07) is 12.3. The first kappa shape index (κ1) is 14.6. The molecule has 0 unspecified atom stereocenters. The first-order valence-electron chi connectivity index (χ1n) is 6.50. The number of carboxylic acid groups (broad SMARTS) is 1. The number of rotatable bonds is 7. The van der Waals surface area contributed by atoms with Gasteiger partial charge in [0.05, 0.1) is 6.54 Å². The van der Waals surface area contributed by atoms with Crippen LogP contribution in [0.4, 0.5) is 0 Å². The molecule has 0 bridgehead atoms. The summed E-state index contributed by atoms with van der Waals surface area (Å²) >= 11 is 0. The number of hydrogen-bond acceptors (Lipinski definition) is 3. The van der Waals surface area contributed by atoms with Crippen LogP contribution in [0.2, 0.25) is 0 Å². The molecular weight excluding hydrogens is 272 g/mol. The van der Waals surface area contributed by atoms with E-state index in [4.69, 9.17) is 9.84 Å². The van der Waals surface area contributed by atoms with E-state index in [0.29, 0.717) is 13.2 Å². The molecule has 1 aromatic carbocycles. The molecule has 2 N–H and O–H groups in total. The third kappa shape index (κ3) is 4.38. The zero-order valence-corrected chi connectivity index (χ0v) is 11.4. The fraction of sp³-hybridized carbons (Fsp3) is 0.200. The van der Waals surface area contributed by atoms with Crippen molar-refractivity contribution in [1.29, 1.82) is 0 Å². The average Bonchev–Trinajstić information content (AvgIpc) is 2.93. The van der Waals surface area contributed by atoms with Crippen molar-refractivity contribution in [1.82, 2.24) is 9.88 Å². The van der Waals surface area contributed by atoms with Crippen LogP contribution in [0.25, 0.3) is 0 Å². The van der Waals surface area contributed by atoms with Crippen molar-refractivity contribution in [3.63, 3.8) is 0 Å². The van der Waals surface area contributed by atoms with Gasteiger partial charge in [0, 0.05) is 6.20 Å². The van der Waals surface area contributed by atoms with Crippen LogP contribution in [0.1, 0.15) is 10.5 Å². The normalized spacial score (nSPS) is 10.1. The van der Waals surface area contributed by atoms with Crippen molar-refractivity contribution in [2.75, 3.05) is 13.2 Å². The molecule has 0 saturated carbocycles. The number of aromatic carboxylic acids is 1. The number of carboxylic acids is 1. The van der Waals surface area contributed by atoms with Crippen molar-refractivity contribution in [2.24, 2.45) is 0 Å². The predicted molar refractivity (Wildman–Crippen MR) is 76.3 cm³/mol. The summed E-state index contributed by atoms with van der Waals surface area (Å²) in [7, 11) is 0. The largest absolute Gasteiger partial charge is 0.492 e. The first-order chi connectivity index (χ1) is 10.2. The number of ether oxygens (including phenoxy) is 1. The quantitative estimate of drug-likeness (QED) is 0.754. The lowest BCUT2D eigenvalue weighted by Gasteiger charge is -2.09. The van der Waals surface area contributed by atoms with Crippen LogP contribution < -0.4 is 10.1 Å². The third-order valence-corrected chi connectivity index (χ3v) is 2.80. The van der Waals surface area contributed by atoms with E-state index in [1.54, 1.807) is 12.3 Å². The van der Waals surface area contributed by atoms with E-state index in [1.165, 1.54) is 10.6 Å². The highest BCUT2D eigenvalue weighted by molar-refractivity contribution is 5.86. The molecule has 0 aliphatic heterocycles. The number of hydrogen-bond donors (Lipinski definition) is 2. The van der Waals surface area contributed by atoms with E-state index in [0.717, 1.165) is 5.75 Å². The zero-order chi connectivity index (χ0) is 15.1. The topological polar surface area (TPSA) is 80.6 Å². The van der Waals surface area contributed by atoms with Gasteiger partial charge >= 0.3 is 5.97 Å². The maximum atomic E-state index is 11.7. The number of benzene rings is 1. The lowest BCUT2D eigenvalue weighted by atomic mass is 10.3. The van der Waals surface area contributed by atoms with Crippen molar-refractivity contribution >= 4 is 11.9 Å². The molecule has 1 aromatic heterocycles. The minimum Gasteiger partial charge on any atom is -0.492 e. The third-order valence-electron chi connectivity index (χ3n) is 2.80. The first-order valence-corrected chi connectivity index (χ1v) is 6.50. The van der Waals surface area contributed by atoms with Crippen LogP contribution in [0.5, 0.6) is 5.75 Å². The summed E-state index contributed by atoms with van der Waals surface area (Å²) in [5.74, 6) is -0.573. The molecule has 6 nitrogen and oxygen atoms in total. The van der Waals surface area contributed by atoms with Crippen LogP contribution in [-0.4, -0.2) is 34.7 Å². The van der Waals surface area contributed by atoms with E-state index >= 15 is 0 Å². The number of amides is 1. The monoisotopic (exact) mass is 288 g/mol. The number of para-hydroxylation sites is 1. The standard InChI is InChI=1S/C15H16N2O4/c18-14(11-17-9-4-7-13(17)15(19)20)16-8-10-21-12-5-2-1-3-6-12/h1-7,9H,8,10-11H2,(H,16,18)(H,19,20). The molecule has 110 valence electrons. The van der Waals surface area contributed by atoms with Crippen molar-refractivity contribution in [2.45, 2.75) is 6.54 Å². The Morgan fingerprint density at radius 1 is 1.14 bits per heavy atom. The van der Waals surface area contributed by atoms with Gasteiger partial charge in [-0.25, -0.2) is 4.79 Å². The Kier molecular flexibility index (Phi) is 4.98. The molecule has 1 heterocycles. The van der Waals surface area contributed by atoms with Gasteiger partial charge in [0.2, 0.25) is 5.91 Å². The van der Waals surface area contributed by atoms with Crippen molar-refractivity contribution in [3.05, 3.63) is 54.4 Å². The fourth-order valence-corrected chi connectivity index (χ4v) is 1.83. The van der Waals surface area contributed by atoms with Gasteiger partial charge in [0.15, 0.2) is 0 Å². The van der Waals surface area contributed by atoms with Crippen LogP contribution in [0, 0.1) is 0 Å². The lowest BCUT2D eigenvalue weighted by molar-refractivity contribution is -0.121. The zero-order valence-electron chi connectivity index (χ0n) is 11.4. The Balaban J connectivity index is 1.73. The molecule has 0 radical (unpaired) electrons. The molecule has 0 spiro atoms. The molecule has 0 fully saturated rings. The molecular formula is C15H16N2O4. The average molecular weight is 288 g/mol. The van der Waals surface area contributed by atoms with Gasteiger partial charge < -0.3 is 19.7 Å². The van der Waals surface area contributed by atoms with Gasteiger partial charge in [-0.2, -0.15) is 0 Å². The van der Waals surface area contributed by atoms with E-state index < -0.39 is 5.97 Å². The Hall–Kier alpha value is -2.76. The van der Waals surface area contributed by atoms with Gasteiger partial charge in [0.1, 0.15) is 24.6 Å². The summed E-state index contributed by atoms with van der Waals surface area (Å²) < 4.78 is 6.82. The van der Waals surface area contributed by atoms with E-state index in [-0.39, 0.29) is 18.1 Å².